The summed E-state index contributed by atoms with van der Waals surface area (Å²) in [5.41, 5.74) is 0.709. The monoisotopic (exact) mass is 386 g/mol. The van der Waals surface area contributed by atoms with Gasteiger partial charge in [-0.3, -0.25) is 9.59 Å². The average Bonchev–Trinajstić information content (AvgIpc) is 3.13. The van der Waals surface area contributed by atoms with Gasteiger partial charge in [-0.2, -0.15) is 0 Å². The number of nitrogens with zero attached hydrogens (tertiary/aromatic N) is 1. The minimum Gasteiger partial charge on any atom is -0.490 e. The first-order valence-corrected chi connectivity index (χ1v) is 10.1. The van der Waals surface area contributed by atoms with E-state index < -0.39 is 0 Å². The first-order valence-electron chi connectivity index (χ1n) is 10.1. The van der Waals surface area contributed by atoms with Crippen LogP contribution in [0.2, 0.25) is 0 Å². The minimum atomic E-state index is -0.232. The Balaban J connectivity index is 1.61. The van der Waals surface area contributed by atoms with Crippen LogP contribution in [0.1, 0.15) is 52.3 Å². The molecule has 152 valence electrons. The molecule has 1 aromatic carbocycles. The van der Waals surface area contributed by atoms with Crippen molar-refractivity contribution >= 4 is 22.8 Å². The Labute approximate surface area is 166 Å². The van der Waals surface area contributed by atoms with E-state index in [4.69, 9.17) is 9.15 Å². The molecule has 2 aromatic rings. The molecule has 1 aliphatic rings. The Hall–Kier alpha value is -2.50. The normalized spacial score (nSPS) is 16.4. The Morgan fingerprint density at radius 3 is 2.61 bits per heavy atom. The molecule has 2 amide bonds. The lowest BCUT2D eigenvalue weighted by Crippen LogP contribution is -2.44. The van der Waals surface area contributed by atoms with Crippen LogP contribution in [-0.2, 0) is 9.59 Å². The lowest BCUT2D eigenvalue weighted by molar-refractivity contribution is -0.138. The highest BCUT2D eigenvalue weighted by Crippen LogP contribution is 2.31. The molecule has 6 heteroatoms. The molecule has 1 N–H and O–H groups in total. The second-order valence-electron chi connectivity index (χ2n) is 7.74. The van der Waals surface area contributed by atoms with Gasteiger partial charge in [0.2, 0.25) is 11.8 Å². The Kier molecular flexibility index (Phi) is 6.27. The number of ether oxygens (including phenoxy) is 1. The predicted molar refractivity (Wildman–Crippen MR) is 108 cm³/mol. The molecule has 0 aliphatic carbocycles. The number of nitrogens with one attached hydrogen (secondary N) is 1. The van der Waals surface area contributed by atoms with Gasteiger partial charge in [-0.1, -0.05) is 26.0 Å². The minimum absolute atomic E-state index is 0.0000579. The van der Waals surface area contributed by atoms with Crippen molar-refractivity contribution in [2.24, 2.45) is 11.8 Å². The van der Waals surface area contributed by atoms with Gasteiger partial charge in [-0.25, -0.2) is 0 Å². The maximum absolute atomic E-state index is 12.7. The number of carbonyl (C=O) groups excluding carboxylic acids is 2. The fourth-order valence-corrected chi connectivity index (χ4v) is 3.67. The van der Waals surface area contributed by atoms with E-state index in [0.717, 1.165) is 5.39 Å². The van der Waals surface area contributed by atoms with Crippen LogP contribution in [-0.4, -0.2) is 36.4 Å². The van der Waals surface area contributed by atoms with Gasteiger partial charge in [-0.15, -0.1) is 0 Å². The van der Waals surface area contributed by atoms with Gasteiger partial charge < -0.3 is 19.4 Å². The number of furan rings is 1. The third-order valence-corrected chi connectivity index (χ3v) is 5.28. The lowest BCUT2D eigenvalue weighted by Gasteiger charge is -2.32. The number of piperidine rings is 1. The van der Waals surface area contributed by atoms with Gasteiger partial charge in [0.1, 0.15) is 5.76 Å². The molecule has 1 aliphatic heterocycles. The first-order chi connectivity index (χ1) is 13.4. The smallest absolute Gasteiger partial charge is 0.225 e. The zero-order valence-corrected chi connectivity index (χ0v) is 17.2. The summed E-state index contributed by atoms with van der Waals surface area (Å²) in [4.78, 5) is 26.7. The zero-order chi connectivity index (χ0) is 20.3. The van der Waals surface area contributed by atoms with Crippen LogP contribution in [0, 0.1) is 11.8 Å². The van der Waals surface area contributed by atoms with E-state index >= 15 is 0 Å². The van der Waals surface area contributed by atoms with Crippen LogP contribution in [0.4, 0.5) is 0 Å². The fraction of sp³-hybridized carbons (Fsp3) is 0.545. The number of hydrogen-bond donors (Lipinski definition) is 1. The van der Waals surface area contributed by atoms with E-state index in [2.05, 4.69) is 5.32 Å². The third kappa shape index (κ3) is 4.32. The summed E-state index contributed by atoms with van der Waals surface area (Å²) in [7, 11) is 0. The lowest BCUT2D eigenvalue weighted by atomic mass is 9.94. The van der Waals surface area contributed by atoms with E-state index in [9.17, 15) is 9.59 Å². The second kappa shape index (κ2) is 8.67. The summed E-state index contributed by atoms with van der Waals surface area (Å²) in [5, 5.41) is 4.03. The van der Waals surface area contributed by atoms with Gasteiger partial charge in [-0.05, 0) is 38.8 Å². The number of rotatable bonds is 6. The van der Waals surface area contributed by atoms with Crippen molar-refractivity contribution in [1.82, 2.24) is 10.2 Å². The van der Waals surface area contributed by atoms with Crippen molar-refractivity contribution < 1.29 is 18.7 Å². The highest BCUT2D eigenvalue weighted by atomic mass is 16.5. The fourth-order valence-electron chi connectivity index (χ4n) is 3.67. The van der Waals surface area contributed by atoms with Crippen LogP contribution in [0.3, 0.4) is 0 Å². The molecule has 1 unspecified atom stereocenters. The van der Waals surface area contributed by atoms with Gasteiger partial charge >= 0.3 is 0 Å². The van der Waals surface area contributed by atoms with Gasteiger partial charge in [0.05, 0.1) is 12.6 Å². The maximum atomic E-state index is 12.7. The standard InChI is InChI=1S/C22H30N2O4/c1-5-27-18-8-6-7-17-13-19(28-20(17)18)15(4)23-21(25)16-9-11-24(12-10-16)22(26)14(2)3/h6-8,13-16H,5,9-12H2,1-4H3,(H,23,25). The Morgan fingerprint density at radius 2 is 1.96 bits per heavy atom. The highest BCUT2D eigenvalue weighted by molar-refractivity contribution is 5.84. The van der Waals surface area contributed by atoms with Crippen molar-refractivity contribution in [2.45, 2.75) is 46.6 Å². The molecule has 0 saturated carbocycles. The molecule has 1 atom stereocenters. The van der Waals surface area contributed by atoms with Crippen LogP contribution < -0.4 is 10.1 Å². The number of carbonyl (C=O) groups is 2. The van der Waals surface area contributed by atoms with E-state index in [1.807, 2.05) is 56.9 Å². The van der Waals surface area contributed by atoms with E-state index in [-0.39, 0.29) is 29.7 Å². The number of likely N-dealkylation sites (tertiary alicyclic amines) is 1. The van der Waals surface area contributed by atoms with Crippen LogP contribution in [0.5, 0.6) is 5.75 Å². The molecular formula is C22H30N2O4. The summed E-state index contributed by atoms with van der Waals surface area (Å²) in [6, 6.07) is 7.51. The molecule has 0 spiro atoms. The topological polar surface area (TPSA) is 71.8 Å². The maximum Gasteiger partial charge on any atom is 0.225 e. The SMILES string of the molecule is CCOc1cccc2cc(C(C)NC(=O)C3CCN(C(=O)C(C)C)CC3)oc12. The third-order valence-electron chi connectivity index (χ3n) is 5.28. The molecule has 0 bridgehead atoms. The molecule has 2 heterocycles. The Morgan fingerprint density at radius 1 is 1.25 bits per heavy atom. The second-order valence-corrected chi connectivity index (χ2v) is 7.74. The number of hydrogen-bond acceptors (Lipinski definition) is 4. The molecule has 28 heavy (non-hydrogen) atoms. The zero-order valence-electron chi connectivity index (χ0n) is 17.2. The predicted octanol–water partition coefficient (Wildman–Crippen LogP) is 3.90. The molecule has 1 fully saturated rings. The summed E-state index contributed by atoms with van der Waals surface area (Å²) >= 11 is 0. The van der Waals surface area contributed by atoms with Gasteiger partial charge in [0.25, 0.3) is 0 Å². The highest BCUT2D eigenvalue weighted by Gasteiger charge is 2.29. The van der Waals surface area contributed by atoms with Crippen molar-refractivity contribution in [2.75, 3.05) is 19.7 Å². The van der Waals surface area contributed by atoms with Crippen molar-refractivity contribution in [3.63, 3.8) is 0 Å². The van der Waals surface area contributed by atoms with Crippen molar-refractivity contribution in [3.8, 4) is 5.75 Å². The van der Waals surface area contributed by atoms with Gasteiger partial charge in [0, 0.05) is 30.3 Å². The van der Waals surface area contributed by atoms with Crippen LogP contribution in [0.15, 0.2) is 28.7 Å². The first kappa shape index (κ1) is 20.2. The summed E-state index contributed by atoms with van der Waals surface area (Å²) < 4.78 is 11.6. The van der Waals surface area contributed by atoms with E-state index in [1.54, 1.807) is 0 Å². The molecule has 3 rings (SSSR count). The molecule has 1 aromatic heterocycles. The molecule has 1 saturated heterocycles. The number of amides is 2. The summed E-state index contributed by atoms with van der Waals surface area (Å²) in [5.74, 6) is 1.55. The quantitative estimate of drug-likeness (QED) is 0.817. The number of benzene rings is 1. The van der Waals surface area contributed by atoms with Crippen molar-refractivity contribution in [1.29, 1.82) is 0 Å². The van der Waals surface area contributed by atoms with E-state index in [0.29, 0.717) is 49.6 Å². The summed E-state index contributed by atoms with van der Waals surface area (Å²) in [6.45, 7) is 9.54. The molecular weight excluding hydrogens is 356 g/mol. The molecule has 0 radical (unpaired) electrons. The average molecular weight is 386 g/mol. The van der Waals surface area contributed by atoms with E-state index in [1.165, 1.54) is 0 Å². The Bertz CT molecular complexity index is 834. The van der Waals surface area contributed by atoms with Crippen molar-refractivity contribution in [3.05, 3.63) is 30.0 Å². The largest absolute Gasteiger partial charge is 0.490 e. The number of fused-ring (bicyclic) bond motifs is 1. The molecule has 6 nitrogen and oxygen atoms in total. The van der Waals surface area contributed by atoms with Gasteiger partial charge in [0.15, 0.2) is 11.3 Å². The summed E-state index contributed by atoms with van der Waals surface area (Å²) in [6.07, 6.45) is 1.40. The van der Waals surface area contributed by atoms with Crippen LogP contribution >= 0.6 is 0 Å². The number of para-hydroxylation sites is 1. The van der Waals surface area contributed by atoms with Crippen LogP contribution in [0.25, 0.3) is 11.0 Å².